The van der Waals surface area contributed by atoms with Crippen LogP contribution < -0.4 is 0 Å². The molecule has 7 heteroatoms. The Hall–Kier alpha value is -2.22. The number of hydrogen-bond acceptors (Lipinski definition) is 6. The minimum Gasteiger partial charge on any atom is -0.508 e. The molecular formula is C23H25NO5S. The number of amides is 2. The zero-order valence-electron chi connectivity index (χ0n) is 16.7. The molecule has 1 aliphatic carbocycles. The molecule has 0 spiro atoms. The van der Waals surface area contributed by atoms with Gasteiger partial charge >= 0.3 is 0 Å². The van der Waals surface area contributed by atoms with Gasteiger partial charge in [0.25, 0.3) is 0 Å². The number of aromatic hydroxyl groups is 1. The minimum absolute atomic E-state index is 0.125. The average Bonchev–Trinajstić information content (AvgIpc) is 3.42. The van der Waals surface area contributed by atoms with Crippen LogP contribution in [-0.4, -0.2) is 32.7 Å². The molecule has 1 aromatic carbocycles. The molecule has 3 fully saturated rings. The standard InChI is InChI=1S/C23H25NO5S/c1-2-14-10-17-20(22(27)24(21(17)26)12-16-7-4-8-30-16)18-11-19(29-23(14,18)28)13-5-3-6-15(25)9-13/h3-9,14,17-20,25,28H,2,10-12H2,1H3/t14-,17-,18-,19-,20-,23+/m0/s1. The second-order valence-electron chi connectivity index (χ2n) is 8.61. The van der Waals surface area contributed by atoms with E-state index in [1.807, 2.05) is 30.5 Å². The second-order valence-corrected chi connectivity index (χ2v) is 9.64. The normalized spacial score (nSPS) is 35.5. The number of aliphatic hydroxyl groups is 1. The van der Waals surface area contributed by atoms with E-state index in [0.29, 0.717) is 25.8 Å². The van der Waals surface area contributed by atoms with Crippen molar-refractivity contribution in [2.45, 2.75) is 44.6 Å². The Morgan fingerprint density at radius 3 is 2.73 bits per heavy atom. The molecule has 1 saturated carbocycles. The molecule has 6 nitrogen and oxygen atoms in total. The summed E-state index contributed by atoms with van der Waals surface area (Å²) < 4.78 is 6.19. The predicted molar refractivity (Wildman–Crippen MR) is 110 cm³/mol. The van der Waals surface area contributed by atoms with E-state index in [4.69, 9.17) is 4.74 Å². The maximum atomic E-state index is 13.4. The van der Waals surface area contributed by atoms with Crippen molar-refractivity contribution in [1.82, 2.24) is 4.90 Å². The van der Waals surface area contributed by atoms with E-state index >= 15 is 0 Å². The summed E-state index contributed by atoms with van der Waals surface area (Å²) in [7, 11) is 0. The summed E-state index contributed by atoms with van der Waals surface area (Å²) in [4.78, 5) is 28.9. The van der Waals surface area contributed by atoms with Crippen LogP contribution >= 0.6 is 11.3 Å². The van der Waals surface area contributed by atoms with Crippen molar-refractivity contribution < 1.29 is 24.5 Å². The number of carbonyl (C=O) groups is 2. The number of phenolic OH excluding ortho intramolecular Hbond substituents is 1. The molecule has 2 saturated heterocycles. The molecule has 2 N–H and O–H groups in total. The van der Waals surface area contributed by atoms with Crippen molar-refractivity contribution in [2.24, 2.45) is 23.7 Å². The number of likely N-dealkylation sites (tertiary alicyclic amines) is 1. The van der Waals surface area contributed by atoms with E-state index in [1.165, 1.54) is 16.2 Å². The number of benzene rings is 1. The van der Waals surface area contributed by atoms with E-state index in [1.54, 1.807) is 18.2 Å². The number of phenols is 1. The Labute approximate surface area is 179 Å². The highest BCUT2D eigenvalue weighted by Gasteiger charge is 2.66. The van der Waals surface area contributed by atoms with Crippen molar-refractivity contribution in [2.75, 3.05) is 0 Å². The topological polar surface area (TPSA) is 87.1 Å². The number of fused-ring (bicyclic) bond motifs is 3. The first kappa shape index (κ1) is 19.7. The van der Waals surface area contributed by atoms with Crippen molar-refractivity contribution in [1.29, 1.82) is 0 Å². The smallest absolute Gasteiger partial charge is 0.233 e. The number of hydrogen-bond donors (Lipinski definition) is 2. The van der Waals surface area contributed by atoms with Gasteiger partial charge in [-0.3, -0.25) is 14.5 Å². The average molecular weight is 428 g/mol. The Kier molecular flexibility index (Phi) is 4.72. The molecule has 5 rings (SSSR count). The van der Waals surface area contributed by atoms with E-state index < -0.39 is 29.6 Å². The van der Waals surface area contributed by atoms with Crippen LogP contribution in [0.1, 0.15) is 42.7 Å². The maximum Gasteiger partial charge on any atom is 0.233 e. The molecule has 30 heavy (non-hydrogen) atoms. The molecule has 2 aromatic rings. The van der Waals surface area contributed by atoms with Gasteiger partial charge in [0.15, 0.2) is 5.79 Å². The van der Waals surface area contributed by atoms with Gasteiger partial charge in [-0.2, -0.15) is 0 Å². The third-order valence-corrected chi connectivity index (χ3v) is 7.95. The van der Waals surface area contributed by atoms with Crippen LogP contribution in [0.25, 0.3) is 0 Å². The van der Waals surface area contributed by atoms with Crippen molar-refractivity contribution in [3.63, 3.8) is 0 Å². The van der Waals surface area contributed by atoms with Crippen LogP contribution in [0.3, 0.4) is 0 Å². The lowest BCUT2D eigenvalue weighted by Gasteiger charge is -2.44. The van der Waals surface area contributed by atoms with Crippen LogP contribution in [0.4, 0.5) is 0 Å². The minimum atomic E-state index is -1.44. The highest BCUT2D eigenvalue weighted by Crippen LogP contribution is 2.59. The van der Waals surface area contributed by atoms with Gasteiger partial charge in [-0.25, -0.2) is 0 Å². The Bertz CT molecular complexity index is 976. The number of carbonyl (C=O) groups excluding carboxylic acids is 2. The van der Waals surface area contributed by atoms with Crippen molar-refractivity contribution in [3.8, 4) is 5.75 Å². The number of rotatable bonds is 4. The maximum absolute atomic E-state index is 13.4. The number of imide groups is 1. The van der Waals surface area contributed by atoms with Gasteiger partial charge in [0.1, 0.15) is 5.75 Å². The van der Waals surface area contributed by atoms with Gasteiger partial charge in [-0.15, -0.1) is 11.3 Å². The lowest BCUT2D eigenvalue weighted by molar-refractivity contribution is -0.269. The first-order valence-corrected chi connectivity index (χ1v) is 11.4. The molecule has 2 aliphatic heterocycles. The summed E-state index contributed by atoms with van der Waals surface area (Å²) in [5, 5.41) is 23.4. The lowest BCUT2D eigenvalue weighted by atomic mass is 9.64. The van der Waals surface area contributed by atoms with Gasteiger partial charge in [0.05, 0.1) is 24.5 Å². The van der Waals surface area contributed by atoms with E-state index in [9.17, 15) is 19.8 Å². The molecule has 0 bridgehead atoms. The number of thiophene rings is 1. The highest BCUT2D eigenvalue weighted by atomic mass is 32.1. The van der Waals surface area contributed by atoms with E-state index in [-0.39, 0.29) is 23.5 Å². The largest absolute Gasteiger partial charge is 0.508 e. The predicted octanol–water partition coefficient (Wildman–Crippen LogP) is 3.45. The van der Waals surface area contributed by atoms with Crippen LogP contribution in [0.2, 0.25) is 0 Å². The molecule has 3 heterocycles. The van der Waals surface area contributed by atoms with Gasteiger partial charge in [-0.05, 0) is 48.4 Å². The summed E-state index contributed by atoms with van der Waals surface area (Å²) in [5.41, 5.74) is 0.774. The Balaban J connectivity index is 1.48. The molecule has 158 valence electrons. The first-order chi connectivity index (χ1) is 14.4. The molecule has 3 aliphatic rings. The third kappa shape index (κ3) is 2.91. The Morgan fingerprint density at radius 2 is 2.03 bits per heavy atom. The SMILES string of the molecule is CC[C@H]1C[C@@H]2C(=O)N(Cc3cccs3)C(=O)[C@@H]2[C@@H]2C[C@@H](c3cccc(O)c3)O[C@]12O. The second kappa shape index (κ2) is 7.18. The van der Waals surface area contributed by atoms with Crippen LogP contribution in [-0.2, 0) is 20.9 Å². The molecule has 1 aromatic heterocycles. The van der Waals surface area contributed by atoms with Crippen molar-refractivity contribution >= 4 is 23.2 Å². The summed E-state index contributed by atoms with van der Waals surface area (Å²) in [6, 6.07) is 10.7. The number of nitrogens with zero attached hydrogens (tertiary/aromatic N) is 1. The fraction of sp³-hybridized carbons (Fsp3) is 0.478. The van der Waals surface area contributed by atoms with Crippen molar-refractivity contribution in [3.05, 3.63) is 52.2 Å². The monoisotopic (exact) mass is 427 g/mol. The van der Waals surface area contributed by atoms with Crippen LogP contribution in [0.5, 0.6) is 5.75 Å². The molecule has 0 radical (unpaired) electrons. The van der Waals surface area contributed by atoms with E-state index in [0.717, 1.165) is 10.4 Å². The zero-order chi connectivity index (χ0) is 21.0. The summed E-state index contributed by atoms with van der Waals surface area (Å²) in [5.74, 6) is -3.26. The van der Waals surface area contributed by atoms with Gasteiger partial charge in [0, 0.05) is 16.7 Å². The van der Waals surface area contributed by atoms with Crippen LogP contribution in [0, 0.1) is 23.7 Å². The number of ether oxygens (including phenoxy) is 1. The zero-order valence-corrected chi connectivity index (χ0v) is 17.5. The first-order valence-electron chi connectivity index (χ1n) is 10.5. The summed E-state index contributed by atoms with van der Waals surface area (Å²) in [6.45, 7) is 2.27. The van der Waals surface area contributed by atoms with Crippen LogP contribution in [0.15, 0.2) is 41.8 Å². The quantitative estimate of drug-likeness (QED) is 0.730. The van der Waals surface area contributed by atoms with Gasteiger partial charge in [-0.1, -0.05) is 25.1 Å². The summed E-state index contributed by atoms with van der Waals surface area (Å²) >= 11 is 1.53. The lowest BCUT2D eigenvalue weighted by Crippen LogP contribution is -2.53. The summed E-state index contributed by atoms with van der Waals surface area (Å²) in [6.07, 6.45) is 1.14. The molecular weight excluding hydrogens is 402 g/mol. The van der Waals surface area contributed by atoms with Gasteiger partial charge < -0.3 is 14.9 Å². The Morgan fingerprint density at radius 1 is 1.20 bits per heavy atom. The third-order valence-electron chi connectivity index (χ3n) is 7.08. The molecule has 0 unspecified atom stereocenters. The van der Waals surface area contributed by atoms with Gasteiger partial charge in [0.2, 0.25) is 11.8 Å². The highest BCUT2D eigenvalue weighted by molar-refractivity contribution is 7.09. The molecule has 2 amide bonds. The van der Waals surface area contributed by atoms with E-state index in [2.05, 4.69) is 0 Å². The fourth-order valence-corrected chi connectivity index (χ4v) is 6.35. The molecule has 6 atom stereocenters. The fourth-order valence-electron chi connectivity index (χ4n) is 5.66.